The van der Waals surface area contributed by atoms with Gasteiger partial charge in [0.25, 0.3) is 0 Å². The Morgan fingerprint density at radius 1 is 1.43 bits per heavy atom. The summed E-state index contributed by atoms with van der Waals surface area (Å²) in [5.74, 6) is 1.68. The van der Waals surface area contributed by atoms with Gasteiger partial charge in [-0.05, 0) is 50.9 Å². The highest BCUT2D eigenvalue weighted by atomic mass is 79.9. The SMILES string of the molecule is CCNC(=NCC1CCCN(C)C1)N(C)Cc1ccccc1Br. The minimum atomic E-state index is 0.680. The van der Waals surface area contributed by atoms with Gasteiger partial charge in [0, 0.05) is 37.7 Å². The Kier molecular flexibility index (Phi) is 7.37. The molecular formula is C18H29BrN4. The molecule has 1 aromatic rings. The van der Waals surface area contributed by atoms with Crippen LogP contribution in [0.15, 0.2) is 33.7 Å². The van der Waals surface area contributed by atoms with Crippen molar-refractivity contribution in [2.75, 3.05) is 40.3 Å². The molecule has 4 nitrogen and oxygen atoms in total. The Morgan fingerprint density at radius 3 is 2.91 bits per heavy atom. The minimum absolute atomic E-state index is 0.680. The lowest BCUT2D eigenvalue weighted by molar-refractivity contribution is 0.214. The summed E-state index contributed by atoms with van der Waals surface area (Å²) in [6, 6.07) is 8.37. The topological polar surface area (TPSA) is 30.9 Å². The third kappa shape index (κ3) is 5.81. The van der Waals surface area contributed by atoms with Gasteiger partial charge < -0.3 is 15.1 Å². The Morgan fingerprint density at radius 2 is 2.22 bits per heavy atom. The van der Waals surface area contributed by atoms with Crippen LogP contribution < -0.4 is 5.32 Å². The van der Waals surface area contributed by atoms with Crippen LogP contribution in [0.5, 0.6) is 0 Å². The summed E-state index contributed by atoms with van der Waals surface area (Å²) in [6.45, 7) is 7.16. The van der Waals surface area contributed by atoms with Crippen LogP contribution in [-0.4, -0.2) is 56.0 Å². The van der Waals surface area contributed by atoms with E-state index in [1.807, 2.05) is 6.07 Å². The zero-order valence-corrected chi connectivity index (χ0v) is 16.1. The highest BCUT2D eigenvalue weighted by Crippen LogP contribution is 2.18. The van der Waals surface area contributed by atoms with Gasteiger partial charge in [-0.15, -0.1) is 0 Å². The number of hydrogen-bond donors (Lipinski definition) is 1. The van der Waals surface area contributed by atoms with Crippen LogP contribution in [0.25, 0.3) is 0 Å². The molecule has 1 unspecified atom stereocenters. The summed E-state index contributed by atoms with van der Waals surface area (Å²) in [5, 5.41) is 3.42. The van der Waals surface area contributed by atoms with Crippen molar-refractivity contribution >= 4 is 21.9 Å². The van der Waals surface area contributed by atoms with Crippen LogP contribution in [0.1, 0.15) is 25.3 Å². The quantitative estimate of drug-likeness (QED) is 0.628. The summed E-state index contributed by atoms with van der Waals surface area (Å²) in [5.41, 5.74) is 1.28. The average Bonchev–Trinajstić information content (AvgIpc) is 2.53. The van der Waals surface area contributed by atoms with Crippen molar-refractivity contribution in [1.29, 1.82) is 0 Å². The molecule has 5 heteroatoms. The zero-order chi connectivity index (χ0) is 16.7. The van der Waals surface area contributed by atoms with Gasteiger partial charge in [0.15, 0.2) is 5.96 Å². The van der Waals surface area contributed by atoms with E-state index in [0.717, 1.165) is 36.6 Å². The summed E-state index contributed by atoms with van der Waals surface area (Å²) in [4.78, 5) is 9.51. The standard InChI is InChI=1S/C18H29BrN4/c1-4-20-18(21-12-15-8-7-11-22(2)13-15)23(3)14-16-9-5-6-10-17(16)19/h5-6,9-10,15H,4,7-8,11-14H2,1-3H3,(H,20,21). The Balaban J connectivity index is 1.98. The third-order valence-corrected chi connectivity index (χ3v) is 5.06. The number of likely N-dealkylation sites (tertiary alicyclic amines) is 1. The molecule has 1 aliphatic rings. The second kappa shape index (κ2) is 9.28. The molecule has 1 heterocycles. The normalized spacial score (nSPS) is 19.7. The molecule has 1 atom stereocenters. The van der Waals surface area contributed by atoms with Gasteiger partial charge in [0.2, 0.25) is 0 Å². The van der Waals surface area contributed by atoms with Crippen LogP contribution in [-0.2, 0) is 6.54 Å². The molecule has 23 heavy (non-hydrogen) atoms. The molecule has 0 aromatic heterocycles. The number of rotatable bonds is 5. The van der Waals surface area contributed by atoms with Crippen molar-refractivity contribution in [2.24, 2.45) is 10.9 Å². The van der Waals surface area contributed by atoms with E-state index >= 15 is 0 Å². The third-order valence-electron chi connectivity index (χ3n) is 4.28. The summed E-state index contributed by atoms with van der Waals surface area (Å²) >= 11 is 3.63. The number of nitrogens with zero attached hydrogens (tertiary/aromatic N) is 3. The lowest BCUT2D eigenvalue weighted by Crippen LogP contribution is -2.39. The van der Waals surface area contributed by atoms with E-state index < -0.39 is 0 Å². The van der Waals surface area contributed by atoms with Crippen LogP contribution in [0.2, 0.25) is 0 Å². The second-order valence-electron chi connectivity index (χ2n) is 6.41. The predicted octanol–water partition coefficient (Wildman–Crippen LogP) is 3.19. The highest BCUT2D eigenvalue weighted by molar-refractivity contribution is 9.10. The molecule has 2 rings (SSSR count). The Bertz CT molecular complexity index is 517. The average molecular weight is 381 g/mol. The van der Waals surface area contributed by atoms with Crippen molar-refractivity contribution in [1.82, 2.24) is 15.1 Å². The molecule has 1 aliphatic heterocycles. The van der Waals surface area contributed by atoms with E-state index in [4.69, 9.17) is 4.99 Å². The smallest absolute Gasteiger partial charge is 0.193 e. The van der Waals surface area contributed by atoms with Gasteiger partial charge in [0.1, 0.15) is 0 Å². The van der Waals surface area contributed by atoms with Crippen molar-refractivity contribution in [3.63, 3.8) is 0 Å². The minimum Gasteiger partial charge on any atom is -0.357 e. The number of halogens is 1. The first-order valence-corrected chi connectivity index (χ1v) is 9.30. The molecule has 1 N–H and O–H groups in total. The van der Waals surface area contributed by atoms with Gasteiger partial charge in [-0.2, -0.15) is 0 Å². The zero-order valence-electron chi connectivity index (χ0n) is 14.6. The fourth-order valence-electron chi connectivity index (χ4n) is 3.06. The maximum atomic E-state index is 4.89. The number of benzene rings is 1. The van der Waals surface area contributed by atoms with Gasteiger partial charge >= 0.3 is 0 Å². The number of hydrogen-bond acceptors (Lipinski definition) is 2. The molecule has 0 amide bonds. The molecule has 1 fully saturated rings. The Labute approximate surface area is 149 Å². The first kappa shape index (κ1) is 18.3. The summed E-state index contributed by atoms with van der Waals surface area (Å²) in [6.07, 6.45) is 2.58. The second-order valence-corrected chi connectivity index (χ2v) is 7.27. The number of piperidine rings is 1. The molecule has 128 valence electrons. The van der Waals surface area contributed by atoms with E-state index in [2.05, 4.69) is 70.3 Å². The Hall–Kier alpha value is -1.07. The maximum absolute atomic E-state index is 4.89. The van der Waals surface area contributed by atoms with Gasteiger partial charge in [0.05, 0.1) is 0 Å². The summed E-state index contributed by atoms with van der Waals surface area (Å²) in [7, 11) is 4.31. The first-order valence-electron chi connectivity index (χ1n) is 8.51. The maximum Gasteiger partial charge on any atom is 0.193 e. The predicted molar refractivity (Wildman–Crippen MR) is 102 cm³/mol. The van der Waals surface area contributed by atoms with E-state index in [1.54, 1.807) is 0 Å². The lowest BCUT2D eigenvalue weighted by Gasteiger charge is -2.29. The van der Waals surface area contributed by atoms with Gasteiger partial charge in [-0.1, -0.05) is 34.1 Å². The van der Waals surface area contributed by atoms with Crippen molar-refractivity contribution < 1.29 is 0 Å². The van der Waals surface area contributed by atoms with Gasteiger partial charge in [-0.25, -0.2) is 0 Å². The highest BCUT2D eigenvalue weighted by Gasteiger charge is 2.17. The van der Waals surface area contributed by atoms with Crippen molar-refractivity contribution in [3.8, 4) is 0 Å². The van der Waals surface area contributed by atoms with Crippen LogP contribution >= 0.6 is 15.9 Å². The summed E-state index contributed by atoms with van der Waals surface area (Å²) < 4.78 is 1.15. The molecule has 1 aromatic carbocycles. The van der Waals surface area contributed by atoms with Crippen molar-refractivity contribution in [3.05, 3.63) is 34.3 Å². The number of guanidine groups is 1. The molecule has 0 radical (unpaired) electrons. The van der Waals surface area contributed by atoms with Crippen LogP contribution in [0.3, 0.4) is 0 Å². The monoisotopic (exact) mass is 380 g/mol. The van der Waals surface area contributed by atoms with Crippen LogP contribution in [0, 0.1) is 5.92 Å². The lowest BCUT2D eigenvalue weighted by atomic mass is 9.99. The first-order chi connectivity index (χ1) is 11.1. The molecular weight excluding hydrogens is 352 g/mol. The van der Waals surface area contributed by atoms with Crippen molar-refractivity contribution in [2.45, 2.75) is 26.3 Å². The molecule has 0 spiro atoms. The fraction of sp³-hybridized carbons (Fsp3) is 0.611. The number of aliphatic imine (C=N–C) groups is 1. The number of nitrogens with one attached hydrogen (secondary N) is 1. The molecule has 0 bridgehead atoms. The molecule has 0 saturated carbocycles. The van der Waals surface area contributed by atoms with Crippen LogP contribution in [0.4, 0.5) is 0 Å². The largest absolute Gasteiger partial charge is 0.357 e. The fourth-order valence-corrected chi connectivity index (χ4v) is 3.47. The van der Waals surface area contributed by atoms with E-state index in [1.165, 1.54) is 24.9 Å². The van der Waals surface area contributed by atoms with E-state index in [-0.39, 0.29) is 0 Å². The molecule has 0 aliphatic carbocycles. The molecule has 1 saturated heterocycles. The van der Waals surface area contributed by atoms with E-state index in [9.17, 15) is 0 Å². The van der Waals surface area contributed by atoms with E-state index in [0.29, 0.717) is 5.92 Å². The van der Waals surface area contributed by atoms with Gasteiger partial charge in [-0.3, -0.25) is 4.99 Å².